The summed E-state index contributed by atoms with van der Waals surface area (Å²) in [5.41, 5.74) is 4.68. The minimum atomic E-state index is 0.816. The molecule has 0 amide bonds. The molecule has 0 saturated heterocycles. The van der Waals surface area contributed by atoms with Gasteiger partial charge in [-0.3, -0.25) is 0 Å². The van der Waals surface area contributed by atoms with Crippen LogP contribution in [0.25, 0.3) is 11.4 Å². The fourth-order valence-electron chi connectivity index (χ4n) is 2.11. The molecule has 1 aromatic carbocycles. The predicted molar refractivity (Wildman–Crippen MR) is 75.3 cm³/mol. The van der Waals surface area contributed by atoms with Crippen LogP contribution in [-0.4, -0.2) is 16.5 Å². The zero-order valence-corrected chi connectivity index (χ0v) is 11.8. The van der Waals surface area contributed by atoms with E-state index in [-0.39, 0.29) is 0 Å². The van der Waals surface area contributed by atoms with Crippen LogP contribution in [0.4, 0.5) is 0 Å². The molecule has 0 atom stereocenters. The summed E-state index contributed by atoms with van der Waals surface area (Å²) in [6.45, 7) is 3.96. The lowest BCUT2D eigenvalue weighted by molar-refractivity contribution is 0.626. The molecule has 3 rings (SSSR count). The van der Waals surface area contributed by atoms with E-state index < -0.39 is 0 Å². The van der Waals surface area contributed by atoms with Crippen LogP contribution in [0.5, 0.6) is 0 Å². The lowest BCUT2D eigenvalue weighted by Crippen LogP contribution is -2.24. The average Bonchev–Trinajstić information content (AvgIpc) is 2.41. The number of rotatable bonds is 1. The molecule has 0 bridgehead atoms. The van der Waals surface area contributed by atoms with E-state index in [0.717, 1.165) is 35.4 Å². The molecule has 1 aromatic heterocycles. The summed E-state index contributed by atoms with van der Waals surface area (Å²) >= 11 is 3.55. The third kappa shape index (κ3) is 2.18. The summed E-state index contributed by atoms with van der Waals surface area (Å²) in [7, 11) is 0. The molecule has 18 heavy (non-hydrogen) atoms. The molecule has 2 aromatic rings. The third-order valence-electron chi connectivity index (χ3n) is 3.24. The highest BCUT2D eigenvalue weighted by molar-refractivity contribution is 9.10. The molecule has 1 aliphatic heterocycles. The van der Waals surface area contributed by atoms with Crippen molar-refractivity contribution in [1.29, 1.82) is 0 Å². The molecule has 0 spiro atoms. The van der Waals surface area contributed by atoms with Gasteiger partial charge in [-0.15, -0.1) is 0 Å². The number of hydrogen-bond donors (Lipinski definition) is 1. The van der Waals surface area contributed by atoms with Crippen LogP contribution in [0.1, 0.15) is 16.8 Å². The van der Waals surface area contributed by atoms with Crippen molar-refractivity contribution in [3.8, 4) is 11.4 Å². The topological polar surface area (TPSA) is 37.8 Å². The predicted octanol–water partition coefficient (Wildman–Crippen LogP) is 2.86. The van der Waals surface area contributed by atoms with Crippen LogP contribution in [0.3, 0.4) is 0 Å². The highest BCUT2D eigenvalue weighted by Gasteiger charge is 2.12. The van der Waals surface area contributed by atoms with Gasteiger partial charge in [-0.25, -0.2) is 9.97 Å². The van der Waals surface area contributed by atoms with Gasteiger partial charge in [-0.2, -0.15) is 0 Å². The normalized spacial score (nSPS) is 14.3. The first-order valence-corrected chi connectivity index (χ1v) is 6.85. The largest absolute Gasteiger partial charge is 0.312 e. The Morgan fingerprint density at radius 2 is 2.22 bits per heavy atom. The highest BCUT2D eigenvalue weighted by Crippen LogP contribution is 2.24. The summed E-state index contributed by atoms with van der Waals surface area (Å²) in [6.07, 6.45) is 2.93. The van der Waals surface area contributed by atoms with Crippen molar-refractivity contribution in [3.05, 3.63) is 45.7 Å². The monoisotopic (exact) mass is 303 g/mol. The maximum Gasteiger partial charge on any atom is 0.159 e. The third-order valence-corrected chi connectivity index (χ3v) is 4.09. The van der Waals surface area contributed by atoms with E-state index >= 15 is 0 Å². The Balaban J connectivity index is 2.03. The second-order valence-corrected chi connectivity index (χ2v) is 5.41. The Kier molecular flexibility index (Phi) is 3.14. The van der Waals surface area contributed by atoms with Gasteiger partial charge in [0.25, 0.3) is 0 Å². The van der Waals surface area contributed by atoms with Crippen molar-refractivity contribution in [2.24, 2.45) is 0 Å². The van der Waals surface area contributed by atoms with Crippen LogP contribution >= 0.6 is 15.9 Å². The van der Waals surface area contributed by atoms with Gasteiger partial charge in [0, 0.05) is 41.3 Å². The molecule has 2 heterocycles. The molecule has 0 aliphatic carbocycles. The van der Waals surface area contributed by atoms with E-state index in [4.69, 9.17) is 0 Å². The number of aromatic nitrogens is 2. The molecule has 4 heteroatoms. The lowest BCUT2D eigenvalue weighted by Gasteiger charge is -2.16. The summed E-state index contributed by atoms with van der Waals surface area (Å²) < 4.78 is 1.10. The second kappa shape index (κ2) is 4.78. The first kappa shape index (κ1) is 11.8. The number of nitrogens with one attached hydrogen (secondary N) is 1. The van der Waals surface area contributed by atoms with E-state index in [9.17, 15) is 0 Å². The van der Waals surface area contributed by atoms with Crippen LogP contribution in [0.2, 0.25) is 0 Å². The number of nitrogens with zero attached hydrogens (tertiary/aromatic N) is 2. The number of fused-ring (bicyclic) bond motifs is 1. The number of aryl methyl sites for hydroxylation is 1. The summed E-state index contributed by atoms with van der Waals surface area (Å²) in [5.74, 6) is 0.816. The van der Waals surface area contributed by atoms with Crippen molar-refractivity contribution >= 4 is 15.9 Å². The fraction of sp³-hybridized carbons (Fsp3) is 0.286. The zero-order valence-electron chi connectivity index (χ0n) is 10.2. The summed E-state index contributed by atoms with van der Waals surface area (Å²) in [6, 6.07) is 6.24. The minimum Gasteiger partial charge on any atom is -0.312 e. The molecule has 0 radical (unpaired) electrons. The Labute approximate surface area is 115 Å². The fourth-order valence-corrected chi connectivity index (χ4v) is 2.49. The molecule has 3 nitrogen and oxygen atoms in total. The van der Waals surface area contributed by atoms with Gasteiger partial charge < -0.3 is 5.32 Å². The van der Waals surface area contributed by atoms with Gasteiger partial charge in [-0.05, 0) is 18.6 Å². The van der Waals surface area contributed by atoms with E-state index in [1.165, 1.54) is 16.8 Å². The maximum absolute atomic E-state index is 4.68. The van der Waals surface area contributed by atoms with Gasteiger partial charge in [0.1, 0.15) is 0 Å². The lowest BCUT2D eigenvalue weighted by atomic mass is 10.1. The molecule has 1 aliphatic rings. The van der Waals surface area contributed by atoms with Crippen molar-refractivity contribution in [1.82, 2.24) is 15.3 Å². The molecular formula is C14H14BrN3. The molecule has 92 valence electrons. The van der Waals surface area contributed by atoms with Crippen molar-refractivity contribution < 1.29 is 0 Å². The van der Waals surface area contributed by atoms with Gasteiger partial charge in [0.2, 0.25) is 0 Å². The summed E-state index contributed by atoms with van der Waals surface area (Å²) in [5, 5.41) is 3.33. The van der Waals surface area contributed by atoms with Crippen LogP contribution in [0, 0.1) is 6.92 Å². The molecular weight excluding hydrogens is 290 g/mol. The highest BCUT2D eigenvalue weighted by atomic mass is 79.9. The van der Waals surface area contributed by atoms with E-state index in [2.05, 4.69) is 56.3 Å². The molecule has 0 fully saturated rings. The first-order chi connectivity index (χ1) is 8.74. The van der Waals surface area contributed by atoms with Gasteiger partial charge in [0.15, 0.2) is 5.82 Å². The standard InChI is InChI=1S/C14H14BrN3/c1-9-2-3-10(6-12(9)15)14-17-8-11-7-16-5-4-13(11)18-14/h2-3,6,8,16H,4-5,7H2,1H3. The Morgan fingerprint density at radius 1 is 1.33 bits per heavy atom. The smallest absolute Gasteiger partial charge is 0.159 e. The number of benzene rings is 1. The summed E-state index contributed by atoms with van der Waals surface area (Å²) in [4.78, 5) is 9.14. The number of hydrogen-bond acceptors (Lipinski definition) is 3. The maximum atomic E-state index is 4.68. The van der Waals surface area contributed by atoms with Crippen molar-refractivity contribution in [2.75, 3.05) is 6.54 Å². The SMILES string of the molecule is Cc1ccc(-c2ncc3c(n2)CCNC3)cc1Br. The molecule has 1 N–H and O–H groups in total. The van der Waals surface area contributed by atoms with E-state index in [1.54, 1.807) is 0 Å². The van der Waals surface area contributed by atoms with Crippen molar-refractivity contribution in [2.45, 2.75) is 19.9 Å². The van der Waals surface area contributed by atoms with Gasteiger partial charge >= 0.3 is 0 Å². The van der Waals surface area contributed by atoms with Gasteiger partial charge in [0.05, 0.1) is 5.69 Å². The zero-order chi connectivity index (χ0) is 12.5. The molecule has 0 saturated carbocycles. The first-order valence-electron chi connectivity index (χ1n) is 6.06. The quantitative estimate of drug-likeness (QED) is 0.880. The minimum absolute atomic E-state index is 0.816. The van der Waals surface area contributed by atoms with Crippen LogP contribution in [0.15, 0.2) is 28.9 Å². The van der Waals surface area contributed by atoms with Crippen LogP contribution < -0.4 is 5.32 Å². The van der Waals surface area contributed by atoms with Gasteiger partial charge in [-0.1, -0.05) is 28.1 Å². The Bertz CT molecular complexity index is 596. The van der Waals surface area contributed by atoms with Crippen molar-refractivity contribution in [3.63, 3.8) is 0 Å². The van der Waals surface area contributed by atoms with E-state index in [0.29, 0.717) is 0 Å². The van der Waals surface area contributed by atoms with Crippen LogP contribution in [-0.2, 0) is 13.0 Å². The van der Waals surface area contributed by atoms with E-state index in [1.807, 2.05) is 6.20 Å². The Morgan fingerprint density at radius 3 is 3.06 bits per heavy atom. The molecule has 0 unspecified atom stereocenters. The average molecular weight is 304 g/mol. The Hall–Kier alpha value is -1.26. The number of halogens is 1. The second-order valence-electron chi connectivity index (χ2n) is 4.56.